The molecule has 0 saturated carbocycles. The summed E-state index contributed by atoms with van der Waals surface area (Å²) in [6.45, 7) is 1.96. The van der Waals surface area contributed by atoms with Crippen LogP contribution < -0.4 is 11.1 Å². The molecule has 1 unspecified atom stereocenters. The molecule has 0 saturated heterocycles. The van der Waals surface area contributed by atoms with Gasteiger partial charge in [0.15, 0.2) is 0 Å². The molecule has 0 aliphatic heterocycles. The van der Waals surface area contributed by atoms with Crippen molar-refractivity contribution in [3.63, 3.8) is 0 Å². The summed E-state index contributed by atoms with van der Waals surface area (Å²) >= 11 is 8.53. The second-order valence-electron chi connectivity index (χ2n) is 4.67. The van der Waals surface area contributed by atoms with Crippen molar-refractivity contribution in [3.05, 3.63) is 64.1 Å². The van der Waals surface area contributed by atoms with Gasteiger partial charge in [-0.1, -0.05) is 54.7 Å². The van der Waals surface area contributed by atoms with Crippen molar-refractivity contribution in [3.8, 4) is 0 Å². The molecule has 3 nitrogen and oxygen atoms in total. The first-order valence-corrected chi connectivity index (χ1v) is 7.61. The zero-order chi connectivity index (χ0) is 15.4. The van der Waals surface area contributed by atoms with Crippen molar-refractivity contribution >= 4 is 44.7 Å². The summed E-state index contributed by atoms with van der Waals surface area (Å²) in [4.78, 5) is 12.7. The van der Waals surface area contributed by atoms with Crippen molar-refractivity contribution < 1.29 is 4.79 Å². The molecule has 21 heavy (non-hydrogen) atoms. The van der Waals surface area contributed by atoms with Gasteiger partial charge in [0, 0.05) is 4.47 Å². The van der Waals surface area contributed by atoms with Crippen molar-refractivity contribution in [2.75, 3.05) is 5.32 Å². The highest BCUT2D eigenvalue weighted by Crippen LogP contribution is 2.27. The van der Waals surface area contributed by atoms with E-state index in [1.165, 1.54) is 0 Å². The molecule has 0 spiro atoms. The number of rotatable bonds is 4. The number of nitrogens with one attached hydrogen (secondary N) is 1. The third-order valence-electron chi connectivity index (χ3n) is 3.13. The second-order valence-corrected chi connectivity index (χ2v) is 5.94. The summed E-state index contributed by atoms with van der Waals surface area (Å²) in [6, 6.07) is 15.0. The minimum atomic E-state index is -0.645. The van der Waals surface area contributed by atoms with Gasteiger partial charge < -0.3 is 11.1 Å². The first-order valence-electron chi connectivity index (χ1n) is 6.41. The smallest absolute Gasteiger partial charge is 0.238 e. The number of benzene rings is 2. The fraction of sp³-hybridized carbons (Fsp3) is 0.125. The van der Waals surface area contributed by atoms with E-state index in [-0.39, 0.29) is 10.9 Å². The maximum atomic E-state index is 12.5. The predicted molar refractivity (Wildman–Crippen MR) is 93.5 cm³/mol. The van der Waals surface area contributed by atoms with Crippen molar-refractivity contribution in [1.29, 1.82) is 0 Å². The minimum absolute atomic E-state index is 0.155. The number of aryl methyl sites for hydroxylation is 1. The molecule has 2 aromatic carbocycles. The van der Waals surface area contributed by atoms with Crippen LogP contribution in [0.1, 0.15) is 17.0 Å². The van der Waals surface area contributed by atoms with Gasteiger partial charge in [-0.25, -0.2) is 0 Å². The van der Waals surface area contributed by atoms with E-state index < -0.39 is 5.92 Å². The number of amides is 1. The van der Waals surface area contributed by atoms with Crippen LogP contribution in [-0.2, 0) is 4.79 Å². The van der Waals surface area contributed by atoms with Crippen LogP contribution in [-0.4, -0.2) is 10.9 Å². The monoisotopic (exact) mass is 362 g/mol. The molecule has 108 valence electrons. The second kappa shape index (κ2) is 6.83. The number of nitrogens with two attached hydrogens (primary N) is 1. The SMILES string of the molecule is Cc1cccc(NC(=O)C(C(N)=S)c2ccccc2)c1Br. The molecule has 0 aliphatic rings. The van der Waals surface area contributed by atoms with Gasteiger partial charge in [0.25, 0.3) is 0 Å². The number of carbonyl (C=O) groups excluding carboxylic acids is 1. The predicted octanol–water partition coefficient (Wildman–Crippen LogP) is 3.77. The Morgan fingerprint density at radius 3 is 2.48 bits per heavy atom. The summed E-state index contributed by atoms with van der Waals surface area (Å²) in [5.74, 6) is -0.881. The molecule has 2 rings (SSSR count). The highest BCUT2D eigenvalue weighted by atomic mass is 79.9. The lowest BCUT2D eigenvalue weighted by Crippen LogP contribution is -2.31. The Kier molecular flexibility index (Phi) is 5.09. The lowest BCUT2D eigenvalue weighted by Gasteiger charge is -2.17. The number of carbonyl (C=O) groups is 1. The molecule has 1 amide bonds. The standard InChI is InChI=1S/C16H15BrN2OS/c1-10-6-5-9-12(14(10)17)19-16(20)13(15(18)21)11-7-3-2-4-8-11/h2-9,13H,1H3,(H2,18,21)(H,19,20). The van der Waals surface area contributed by atoms with Crippen molar-refractivity contribution in [2.24, 2.45) is 5.73 Å². The van der Waals surface area contributed by atoms with Crippen LogP contribution in [0.15, 0.2) is 53.0 Å². The molecular formula is C16H15BrN2OS. The summed E-state index contributed by atoms with van der Waals surface area (Å²) in [5.41, 5.74) is 8.28. The van der Waals surface area contributed by atoms with E-state index in [0.717, 1.165) is 15.6 Å². The number of halogens is 1. The van der Waals surface area contributed by atoms with E-state index in [2.05, 4.69) is 21.2 Å². The summed E-state index contributed by atoms with van der Waals surface area (Å²) in [7, 11) is 0. The van der Waals surface area contributed by atoms with E-state index in [1.807, 2.05) is 55.5 Å². The lowest BCUT2D eigenvalue weighted by atomic mass is 9.98. The van der Waals surface area contributed by atoms with Gasteiger partial charge in [-0.15, -0.1) is 0 Å². The molecule has 0 aromatic heterocycles. The summed E-state index contributed by atoms with van der Waals surface area (Å²) in [5, 5.41) is 2.88. The molecule has 2 aromatic rings. The van der Waals surface area contributed by atoms with Crippen LogP contribution in [0.25, 0.3) is 0 Å². The van der Waals surface area contributed by atoms with Gasteiger partial charge >= 0.3 is 0 Å². The minimum Gasteiger partial charge on any atom is -0.392 e. The Hall–Kier alpha value is -1.72. The van der Waals surface area contributed by atoms with E-state index in [0.29, 0.717) is 5.69 Å². The van der Waals surface area contributed by atoms with Gasteiger partial charge in [0.05, 0.1) is 10.7 Å². The zero-order valence-electron chi connectivity index (χ0n) is 11.5. The van der Waals surface area contributed by atoms with Crippen LogP contribution >= 0.6 is 28.1 Å². The van der Waals surface area contributed by atoms with Gasteiger partial charge in [-0.3, -0.25) is 4.79 Å². The first-order chi connectivity index (χ1) is 10.0. The van der Waals surface area contributed by atoms with E-state index in [4.69, 9.17) is 18.0 Å². The molecule has 5 heteroatoms. The Morgan fingerprint density at radius 1 is 1.19 bits per heavy atom. The maximum Gasteiger partial charge on any atom is 0.238 e. The van der Waals surface area contributed by atoms with Crippen LogP contribution in [0.4, 0.5) is 5.69 Å². The van der Waals surface area contributed by atoms with E-state index in [9.17, 15) is 4.79 Å². The van der Waals surface area contributed by atoms with Gasteiger partial charge in [0.1, 0.15) is 5.92 Å². The Bertz CT molecular complexity index is 673. The molecule has 3 N–H and O–H groups in total. The lowest BCUT2D eigenvalue weighted by molar-refractivity contribution is -0.116. The molecule has 0 heterocycles. The quantitative estimate of drug-likeness (QED) is 0.814. The third kappa shape index (κ3) is 3.68. The highest BCUT2D eigenvalue weighted by molar-refractivity contribution is 9.10. The van der Waals surface area contributed by atoms with Crippen LogP contribution in [0, 0.1) is 6.92 Å². The maximum absolute atomic E-state index is 12.5. The van der Waals surface area contributed by atoms with Crippen molar-refractivity contribution in [1.82, 2.24) is 0 Å². The molecule has 0 radical (unpaired) electrons. The fourth-order valence-electron chi connectivity index (χ4n) is 2.04. The van der Waals surface area contributed by atoms with Gasteiger partial charge in [-0.05, 0) is 40.0 Å². The van der Waals surface area contributed by atoms with E-state index in [1.54, 1.807) is 0 Å². The molecule has 0 bridgehead atoms. The molecule has 1 atom stereocenters. The first kappa shape index (κ1) is 15.7. The zero-order valence-corrected chi connectivity index (χ0v) is 13.9. The highest BCUT2D eigenvalue weighted by Gasteiger charge is 2.24. The number of hydrogen-bond acceptors (Lipinski definition) is 2. The Balaban J connectivity index is 2.28. The number of hydrogen-bond donors (Lipinski definition) is 2. The molecule has 0 aliphatic carbocycles. The summed E-state index contributed by atoms with van der Waals surface area (Å²) < 4.78 is 0.855. The van der Waals surface area contributed by atoms with Crippen LogP contribution in [0.5, 0.6) is 0 Å². The fourth-order valence-corrected chi connectivity index (χ4v) is 2.65. The third-order valence-corrected chi connectivity index (χ3v) is 4.42. The van der Waals surface area contributed by atoms with Crippen molar-refractivity contribution in [2.45, 2.75) is 12.8 Å². The number of anilines is 1. The number of thiocarbonyl (C=S) groups is 1. The average molecular weight is 363 g/mol. The largest absolute Gasteiger partial charge is 0.392 e. The Morgan fingerprint density at radius 2 is 1.86 bits per heavy atom. The summed E-state index contributed by atoms with van der Waals surface area (Å²) in [6.07, 6.45) is 0. The topological polar surface area (TPSA) is 55.1 Å². The van der Waals surface area contributed by atoms with Crippen LogP contribution in [0.3, 0.4) is 0 Å². The molecule has 0 fully saturated rings. The van der Waals surface area contributed by atoms with Gasteiger partial charge in [0.2, 0.25) is 5.91 Å². The Labute approximate surface area is 137 Å². The van der Waals surface area contributed by atoms with Crippen LogP contribution in [0.2, 0.25) is 0 Å². The van der Waals surface area contributed by atoms with E-state index >= 15 is 0 Å². The average Bonchev–Trinajstić information content (AvgIpc) is 2.45. The normalized spacial score (nSPS) is 11.7. The van der Waals surface area contributed by atoms with Gasteiger partial charge in [-0.2, -0.15) is 0 Å². The molecular weight excluding hydrogens is 348 g/mol.